The SMILES string of the molecule is CCOC1CCN(c2ncc(CN)c3ccccc23)CC1. The molecule has 0 atom stereocenters. The molecule has 0 spiro atoms. The Hall–Kier alpha value is -1.65. The highest BCUT2D eigenvalue weighted by molar-refractivity contribution is 5.94. The van der Waals surface area contributed by atoms with Gasteiger partial charge in [-0.25, -0.2) is 4.98 Å². The predicted molar refractivity (Wildman–Crippen MR) is 86.5 cm³/mol. The highest BCUT2D eigenvalue weighted by Crippen LogP contribution is 2.29. The maximum atomic E-state index is 5.83. The lowest BCUT2D eigenvalue weighted by molar-refractivity contribution is 0.0459. The molecular formula is C17H23N3O. The fourth-order valence-electron chi connectivity index (χ4n) is 3.12. The Balaban J connectivity index is 1.88. The van der Waals surface area contributed by atoms with Crippen LogP contribution >= 0.6 is 0 Å². The summed E-state index contributed by atoms with van der Waals surface area (Å²) in [6.07, 6.45) is 4.47. The minimum absolute atomic E-state index is 0.404. The smallest absolute Gasteiger partial charge is 0.136 e. The second kappa shape index (κ2) is 6.41. The van der Waals surface area contributed by atoms with Crippen molar-refractivity contribution in [2.24, 2.45) is 5.73 Å². The van der Waals surface area contributed by atoms with Crippen molar-refractivity contribution < 1.29 is 4.74 Å². The lowest BCUT2D eigenvalue weighted by Crippen LogP contribution is -2.37. The standard InChI is InChI=1S/C17H23N3O/c1-2-21-14-7-9-20(10-8-14)17-16-6-4-3-5-15(16)13(11-18)12-19-17/h3-6,12,14H,2,7-11,18H2,1H3. The van der Waals surface area contributed by atoms with Crippen LogP contribution in [0, 0.1) is 0 Å². The molecule has 1 aliphatic heterocycles. The van der Waals surface area contributed by atoms with Gasteiger partial charge in [-0.2, -0.15) is 0 Å². The molecule has 0 unspecified atom stereocenters. The lowest BCUT2D eigenvalue weighted by atomic mass is 10.0. The molecule has 0 aliphatic carbocycles. The number of ether oxygens (including phenoxy) is 1. The van der Waals surface area contributed by atoms with Gasteiger partial charge in [0.1, 0.15) is 5.82 Å². The van der Waals surface area contributed by atoms with Crippen molar-refractivity contribution in [3.05, 3.63) is 36.0 Å². The van der Waals surface area contributed by atoms with Crippen LogP contribution in [0.1, 0.15) is 25.3 Å². The van der Waals surface area contributed by atoms with Crippen LogP contribution in [-0.2, 0) is 11.3 Å². The minimum Gasteiger partial charge on any atom is -0.378 e. The quantitative estimate of drug-likeness (QED) is 0.938. The Morgan fingerprint density at radius 3 is 2.62 bits per heavy atom. The number of nitrogens with zero attached hydrogens (tertiary/aromatic N) is 2. The zero-order valence-electron chi connectivity index (χ0n) is 12.6. The van der Waals surface area contributed by atoms with Gasteiger partial charge in [0, 0.05) is 37.8 Å². The molecule has 2 N–H and O–H groups in total. The molecule has 0 radical (unpaired) electrons. The molecule has 1 aromatic heterocycles. The van der Waals surface area contributed by atoms with E-state index in [2.05, 4.69) is 41.1 Å². The summed E-state index contributed by atoms with van der Waals surface area (Å²) in [6.45, 7) is 5.40. The lowest BCUT2D eigenvalue weighted by Gasteiger charge is -2.33. The highest BCUT2D eigenvalue weighted by atomic mass is 16.5. The van der Waals surface area contributed by atoms with E-state index in [0.29, 0.717) is 12.6 Å². The van der Waals surface area contributed by atoms with Crippen molar-refractivity contribution in [2.45, 2.75) is 32.4 Å². The topological polar surface area (TPSA) is 51.4 Å². The molecule has 21 heavy (non-hydrogen) atoms. The van der Waals surface area contributed by atoms with Crippen LogP contribution in [0.25, 0.3) is 10.8 Å². The van der Waals surface area contributed by atoms with Crippen molar-refractivity contribution in [3.8, 4) is 0 Å². The first-order valence-electron chi connectivity index (χ1n) is 7.76. The maximum absolute atomic E-state index is 5.83. The third-order valence-corrected chi connectivity index (χ3v) is 4.22. The van der Waals surface area contributed by atoms with E-state index in [9.17, 15) is 0 Å². The Bertz CT molecular complexity index is 606. The van der Waals surface area contributed by atoms with Gasteiger partial charge in [-0.1, -0.05) is 24.3 Å². The van der Waals surface area contributed by atoms with Gasteiger partial charge in [-0.05, 0) is 30.7 Å². The monoisotopic (exact) mass is 285 g/mol. The Labute approximate surface area is 125 Å². The van der Waals surface area contributed by atoms with Crippen LogP contribution in [0.15, 0.2) is 30.5 Å². The second-order valence-electron chi connectivity index (χ2n) is 5.50. The first kappa shape index (κ1) is 14.3. The number of piperidine rings is 1. The Kier molecular flexibility index (Phi) is 4.36. The van der Waals surface area contributed by atoms with Crippen molar-refractivity contribution in [1.82, 2.24) is 4.98 Å². The van der Waals surface area contributed by atoms with Gasteiger partial charge in [-0.3, -0.25) is 0 Å². The van der Waals surface area contributed by atoms with E-state index in [1.54, 1.807) is 0 Å². The van der Waals surface area contributed by atoms with Gasteiger partial charge >= 0.3 is 0 Å². The summed E-state index contributed by atoms with van der Waals surface area (Å²) in [5.41, 5.74) is 6.94. The molecule has 4 nitrogen and oxygen atoms in total. The zero-order valence-corrected chi connectivity index (χ0v) is 12.6. The highest BCUT2D eigenvalue weighted by Gasteiger charge is 2.21. The molecule has 1 saturated heterocycles. The molecular weight excluding hydrogens is 262 g/mol. The van der Waals surface area contributed by atoms with Crippen molar-refractivity contribution >= 4 is 16.6 Å². The van der Waals surface area contributed by atoms with Gasteiger partial charge in [0.25, 0.3) is 0 Å². The number of hydrogen-bond acceptors (Lipinski definition) is 4. The van der Waals surface area contributed by atoms with E-state index in [4.69, 9.17) is 10.5 Å². The molecule has 0 bridgehead atoms. The van der Waals surface area contributed by atoms with Crippen LogP contribution in [0.3, 0.4) is 0 Å². The van der Waals surface area contributed by atoms with E-state index >= 15 is 0 Å². The maximum Gasteiger partial charge on any atom is 0.136 e. The Morgan fingerprint density at radius 1 is 1.24 bits per heavy atom. The number of nitrogens with two attached hydrogens (primary N) is 1. The average molecular weight is 285 g/mol. The number of anilines is 1. The van der Waals surface area contributed by atoms with Crippen molar-refractivity contribution in [1.29, 1.82) is 0 Å². The molecule has 1 aliphatic rings. The molecule has 2 aromatic rings. The molecule has 4 heteroatoms. The number of hydrogen-bond donors (Lipinski definition) is 1. The number of benzene rings is 1. The summed E-state index contributed by atoms with van der Waals surface area (Å²) in [6, 6.07) is 8.41. The molecule has 3 rings (SSSR count). The van der Waals surface area contributed by atoms with Crippen LogP contribution in [0.2, 0.25) is 0 Å². The summed E-state index contributed by atoms with van der Waals surface area (Å²) in [7, 11) is 0. The number of fused-ring (bicyclic) bond motifs is 1. The number of rotatable bonds is 4. The van der Waals surface area contributed by atoms with Crippen molar-refractivity contribution in [3.63, 3.8) is 0 Å². The third kappa shape index (κ3) is 2.87. The van der Waals surface area contributed by atoms with Gasteiger partial charge < -0.3 is 15.4 Å². The van der Waals surface area contributed by atoms with Crippen LogP contribution in [-0.4, -0.2) is 30.8 Å². The summed E-state index contributed by atoms with van der Waals surface area (Å²) in [5.74, 6) is 1.08. The van der Waals surface area contributed by atoms with E-state index < -0.39 is 0 Å². The molecule has 0 amide bonds. The number of aromatic nitrogens is 1. The molecule has 1 aromatic carbocycles. The van der Waals surface area contributed by atoms with Crippen LogP contribution in [0.5, 0.6) is 0 Å². The van der Waals surface area contributed by atoms with E-state index in [-0.39, 0.29) is 0 Å². The normalized spacial score (nSPS) is 16.6. The van der Waals surface area contributed by atoms with E-state index in [1.807, 2.05) is 6.20 Å². The van der Waals surface area contributed by atoms with E-state index in [0.717, 1.165) is 43.9 Å². The fourth-order valence-corrected chi connectivity index (χ4v) is 3.12. The largest absolute Gasteiger partial charge is 0.378 e. The second-order valence-corrected chi connectivity index (χ2v) is 5.50. The Morgan fingerprint density at radius 2 is 1.95 bits per heavy atom. The molecule has 112 valence electrons. The molecule has 1 fully saturated rings. The van der Waals surface area contributed by atoms with Gasteiger partial charge in [0.2, 0.25) is 0 Å². The minimum atomic E-state index is 0.404. The van der Waals surface area contributed by atoms with Gasteiger partial charge in [-0.15, -0.1) is 0 Å². The first-order chi connectivity index (χ1) is 10.3. The predicted octanol–water partition coefficient (Wildman–Crippen LogP) is 2.70. The van der Waals surface area contributed by atoms with Crippen LogP contribution in [0.4, 0.5) is 5.82 Å². The fraction of sp³-hybridized carbons (Fsp3) is 0.471. The summed E-state index contributed by atoms with van der Waals surface area (Å²) >= 11 is 0. The molecule has 2 heterocycles. The summed E-state index contributed by atoms with van der Waals surface area (Å²) in [4.78, 5) is 7.05. The van der Waals surface area contributed by atoms with Gasteiger partial charge in [0.05, 0.1) is 6.10 Å². The first-order valence-corrected chi connectivity index (χ1v) is 7.76. The van der Waals surface area contributed by atoms with Crippen LogP contribution < -0.4 is 10.6 Å². The summed E-state index contributed by atoms with van der Waals surface area (Å²) < 4.78 is 5.73. The average Bonchev–Trinajstić information content (AvgIpc) is 2.55. The molecule has 0 saturated carbocycles. The summed E-state index contributed by atoms with van der Waals surface area (Å²) in [5, 5.41) is 2.42. The zero-order chi connectivity index (χ0) is 14.7. The van der Waals surface area contributed by atoms with Crippen molar-refractivity contribution in [2.75, 3.05) is 24.6 Å². The number of pyridine rings is 1. The van der Waals surface area contributed by atoms with E-state index in [1.165, 1.54) is 10.8 Å². The van der Waals surface area contributed by atoms with Gasteiger partial charge in [0.15, 0.2) is 0 Å². The third-order valence-electron chi connectivity index (χ3n) is 4.22.